The van der Waals surface area contributed by atoms with E-state index in [9.17, 15) is 17.6 Å². The van der Waals surface area contributed by atoms with Crippen molar-refractivity contribution in [1.82, 2.24) is 0 Å². The molecular weight excluding hydrogens is 200 g/mol. The average Bonchev–Trinajstić information content (AvgIpc) is 2.01. The van der Waals surface area contributed by atoms with E-state index in [-0.39, 0.29) is 12.4 Å². The molecule has 0 bridgehead atoms. The van der Waals surface area contributed by atoms with Crippen molar-refractivity contribution in [2.45, 2.75) is 13.3 Å². The molecular formula is C9H8F4O. The monoisotopic (exact) mass is 208 g/mol. The van der Waals surface area contributed by atoms with Crippen LogP contribution in [0.5, 0.6) is 5.75 Å². The highest BCUT2D eigenvalue weighted by Crippen LogP contribution is 2.28. The normalized spacial score (nSPS) is 10.7. The second-order valence-electron chi connectivity index (χ2n) is 2.53. The molecule has 0 spiro atoms. The minimum atomic E-state index is -3.16. The molecule has 1 rings (SSSR count). The van der Waals surface area contributed by atoms with Crippen molar-refractivity contribution in [3.8, 4) is 5.75 Å². The molecule has 0 aliphatic heterocycles. The molecule has 1 aromatic rings. The summed E-state index contributed by atoms with van der Waals surface area (Å²) in [5, 5.41) is 0. The molecule has 14 heavy (non-hydrogen) atoms. The zero-order valence-electron chi connectivity index (χ0n) is 7.36. The average molecular weight is 208 g/mol. The molecule has 0 unspecified atom stereocenters. The number of benzene rings is 1. The van der Waals surface area contributed by atoms with Gasteiger partial charge in [-0.2, -0.15) is 0 Å². The van der Waals surface area contributed by atoms with Crippen molar-refractivity contribution in [2.75, 3.05) is 6.61 Å². The van der Waals surface area contributed by atoms with E-state index in [2.05, 4.69) is 0 Å². The van der Waals surface area contributed by atoms with E-state index < -0.39 is 23.6 Å². The van der Waals surface area contributed by atoms with Crippen LogP contribution in [0.2, 0.25) is 0 Å². The highest BCUT2D eigenvalue weighted by atomic mass is 19.3. The zero-order chi connectivity index (χ0) is 10.7. The number of hydrogen-bond donors (Lipinski definition) is 0. The van der Waals surface area contributed by atoms with E-state index in [0.717, 1.165) is 12.1 Å². The van der Waals surface area contributed by atoms with E-state index in [4.69, 9.17) is 4.74 Å². The Morgan fingerprint density at radius 1 is 1.21 bits per heavy atom. The third-order valence-corrected chi connectivity index (χ3v) is 1.58. The second-order valence-corrected chi connectivity index (χ2v) is 2.53. The quantitative estimate of drug-likeness (QED) is 0.692. The minimum Gasteiger partial charge on any atom is -0.494 e. The van der Waals surface area contributed by atoms with Crippen molar-refractivity contribution in [1.29, 1.82) is 0 Å². The smallest absolute Gasteiger partial charge is 0.269 e. The first-order valence-corrected chi connectivity index (χ1v) is 3.96. The zero-order valence-corrected chi connectivity index (χ0v) is 7.36. The van der Waals surface area contributed by atoms with Crippen LogP contribution in [0.1, 0.15) is 18.9 Å². The van der Waals surface area contributed by atoms with E-state index in [0.29, 0.717) is 0 Å². The van der Waals surface area contributed by atoms with Gasteiger partial charge in [0.05, 0.1) is 12.2 Å². The third kappa shape index (κ3) is 2.16. The van der Waals surface area contributed by atoms with Crippen LogP contribution in [0.25, 0.3) is 0 Å². The lowest BCUT2D eigenvalue weighted by Gasteiger charge is -2.07. The molecule has 1 aromatic carbocycles. The number of ether oxygens (including phenoxy) is 1. The summed E-state index contributed by atoms with van der Waals surface area (Å²) >= 11 is 0. The van der Waals surface area contributed by atoms with E-state index in [1.807, 2.05) is 0 Å². The maximum absolute atomic E-state index is 12.9. The molecule has 0 amide bonds. The standard InChI is InChI=1S/C9H8F4O/c1-2-14-5-3-6(10)8(9(12)13)7(11)4-5/h3-4,9H,2H2,1H3. The van der Waals surface area contributed by atoms with Crippen LogP contribution in [0.4, 0.5) is 17.6 Å². The Bertz CT molecular complexity index is 302. The predicted octanol–water partition coefficient (Wildman–Crippen LogP) is 3.30. The molecule has 78 valence electrons. The lowest BCUT2D eigenvalue weighted by molar-refractivity contribution is 0.140. The predicted molar refractivity (Wildman–Crippen MR) is 42.5 cm³/mol. The number of halogens is 4. The summed E-state index contributed by atoms with van der Waals surface area (Å²) in [4.78, 5) is 0. The molecule has 0 saturated heterocycles. The van der Waals surface area contributed by atoms with Gasteiger partial charge in [-0.15, -0.1) is 0 Å². The van der Waals surface area contributed by atoms with Gasteiger partial charge in [-0.05, 0) is 6.92 Å². The summed E-state index contributed by atoms with van der Waals surface area (Å²) < 4.78 is 54.7. The molecule has 0 aliphatic carbocycles. The summed E-state index contributed by atoms with van der Waals surface area (Å²) in [6, 6.07) is 1.49. The Morgan fingerprint density at radius 3 is 2.07 bits per heavy atom. The molecule has 0 saturated carbocycles. The van der Waals surface area contributed by atoms with Gasteiger partial charge in [0.15, 0.2) is 0 Å². The number of rotatable bonds is 3. The van der Waals surface area contributed by atoms with Crippen LogP contribution in [0, 0.1) is 11.6 Å². The maximum Gasteiger partial charge on any atom is 0.269 e. The Labute approximate surface area is 78.3 Å². The highest BCUT2D eigenvalue weighted by Gasteiger charge is 2.20. The Hall–Kier alpha value is -1.26. The third-order valence-electron chi connectivity index (χ3n) is 1.58. The summed E-state index contributed by atoms with van der Waals surface area (Å²) in [5.41, 5.74) is -1.21. The Balaban J connectivity index is 3.11. The lowest BCUT2D eigenvalue weighted by atomic mass is 10.2. The van der Waals surface area contributed by atoms with Crippen molar-refractivity contribution in [3.63, 3.8) is 0 Å². The Morgan fingerprint density at radius 2 is 1.71 bits per heavy atom. The molecule has 0 fully saturated rings. The molecule has 0 aliphatic rings. The summed E-state index contributed by atoms with van der Waals surface area (Å²) in [6.07, 6.45) is -3.16. The van der Waals surface area contributed by atoms with Crippen LogP contribution in [0.3, 0.4) is 0 Å². The fraction of sp³-hybridized carbons (Fsp3) is 0.333. The molecule has 5 heteroatoms. The summed E-state index contributed by atoms with van der Waals surface area (Å²) in [5.74, 6) is -2.67. The Kier molecular flexibility index (Phi) is 3.33. The van der Waals surface area contributed by atoms with Gasteiger partial charge in [-0.25, -0.2) is 17.6 Å². The van der Waals surface area contributed by atoms with Crippen LogP contribution >= 0.6 is 0 Å². The van der Waals surface area contributed by atoms with Gasteiger partial charge in [0.25, 0.3) is 6.43 Å². The van der Waals surface area contributed by atoms with Crippen molar-refractivity contribution in [3.05, 3.63) is 29.3 Å². The molecule has 1 nitrogen and oxygen atoms in total. The lowest BCUT2D eigenvalue weighted by Crippen LogP contribution is -1.99. The number of alkyl halides is 2. The molecule has 0 radical (unpaired) electrons. The van der Waals surface area contributed by atoms with Gasteiger partial charge in [0.2, 0.25) is 0 Å². The van der Waals surface area contributed by atoms with Crippen LogP contribution in [-0.4, -0.2) is 6.61 Å². The van der Waals surface area contributed by atoms with Crippen LogP contribution < -0.4 is 4.74 Å². The van der Waals surface area contributed by atoms with E-state index in [1.54, 1.807) is 6.92 Å². The van der Waals surface area contributed by atoms with Gasteiger partial charge < -0.3 is 4.74 Å². The van der Waals surface area contributed by atoms with Gasteiger partial charge in [0, 0.05) is 12.1 Å². The van der Waals surface area contributed by atoms with Crippen LogP contribution in [0.15, 0.2) is 12.1 Å². The van der Waals surface area contributed by atoms with Crippen LogP contribution in [-0.2, 0) is 0 Å². The van der Waals surface area contributed by atoms with Gasteiger partial charge in [-0.1, -0.05) is 0 Å². The molecule has 0 N–H and O–H groups in total. The SMILES string of the molecule is CCOc1cc(F)c(C(F)F)c(F)c1. The summed E-state index contributed by atoms with van der Waals surface area (Å²) in [6.45, 7) is 1.84. The molecule has 0 heterocycles. The van der Waals surface area contributed by atoms with Crippen molar-refractivity contribution < 1.29 is 22.3 Å². The van der Waals surface area contributed by atoms with Gasteiger partial charge in [0.1, 0.15) is 17.4 Å². The van der Waals surface area contributed by atoms with Crippen molar-refractivity contribution >= 4 is 0 Å². The number of hydrogen-bond acceptors (Lipinski definition) is 1. The van der Waals surface area contributed by atoms with E-state index >= 15 is 0 Å². The fourth-order valence-electron chi connectivity index (χ4n) is 1.02. The first-order chi connectivity index (χ1) is 6.56. The summed E-state index contributed by atoms with van der Waals surface area (Å²) in [7, 11) is 0. The first kappa shape index (κ1) is 10.8. The van der Waals surface area contributed by atoms with Gasteiger partial charge >= 0.3 is 0 Å². The van der Waals surface area contributed by atoms with Crippen molar-refractivity contribution in [2.24, 2.45) is 0 Å². The highest BCUT2D eigenvalue weighted by molar-refractivity contribution is 5.31. The maximum atomic E-state index is 12.9. The topological polar surface area (TPSA) is 9.23 Å². The fourth-order valence-corrected chi connectivity index (χ4v) is 1.02. The molecule has 0 atom stereocenters. The second kappa shape index (κ2) is 4.30. The largest absolute Gasteiger partial charge is 0.494 e. The van der Waals surface area contributed by atoms with Gasteiger partial charge in [-0.3, -0.25) is 0 Å². The minimum absolute atomic E-state index is 0.0908. The first-order valence-electron chi connectivity index (χ1n) is 3.96. The van der Waals surface area contributed by atoms with E-state index in [1.165, 1.54) is 0 Å². The molecule has 0 aromatic heterocycles.